The molecule has 0 radical (unpaired) electrons. The van der Waals surface area contributed by atoms with E-state index in [4.69, 9.17) is 23.2 Å². The number of hydrogen-bond acceptors (Lipinski definition) is 4. The van der Waals surface area contributed by atoms with Gasteiger partial charge in [0.1, 0.15) is 18.4 Å². The second kappa shape index (κ2) is 12.4. The lowest BCUT2D eigenvalue weighted by molar-refractivity contribution is -0.140. The zero-order valence-corrected chi connectivity index (χ0v) is 22.5. The molecule has 0 bridgehead atoms. The highest BCUT2D eigenvalue weighted by Crippen LogP contribution is 2.28. The van der Waals surface area contributed by atoms with Crippen LogP contribution in [-0.4, -0.2) is 44.8 Å². The van der Waals surface area contributed by atoms with E-state index in [1.807, 2.05) is 0 Å². The Morgan fingerprint density at radius 2 is 1.54 bits per heavy atom. The van der Waals surface area contributed by atoms with Gasteiger partial charge in [-0.2, -0.15) is 0 Å². The molecule has 11 heteroatoms. The standard InChI is InChI=1S/C26H26Cl2FN3O4S/c1-3-24(26(34)30-2)31(16-21-22(27)10-7-11-23(21)28)25(33)17-32(19-14-12-18(29)13-15-19)37(35,36)20-8-5-4-6-9-20/h4-15,24H,3,16-17H2,1-2H3,(H,30,34). The van der Waals surface area contributed by atoms with E-state index in [1.54, 1.807) is 43.3 Å². The number of benzene rings is 3. The van der Waals surface area contributed by atoms with Gasteiger partial charge in [0, 0.05) is 29.2 Å². The van der Waals surface area contributed by atoms with Crippen LogP contribution in [-0.2, 0) is 26.2 Å². The molecule has 2 amide bonds. The Balaban J connectivity index is 2.08. The molecule has 3 aromatic rings. The van der Waals surface area contributed by atoms with Gasteiger partial charge in [-0.05, 0) is 55.0 Å². The number of sulfonamides is 1. The summed E-state index contributed by atoms with van der Waals surface area (Å²) in [5, 5.41) is 3.13. The SMILES string of the molecule is CCC(C(=O)NC)N(Cc1c(Cl)cccc1Cl)C(=O)CN(c1ccc(F)cc1)S(=O)(=O)c1ccccc1. The lowest BCUT2D eigenvalue weighted by Crippen LogP contribution is -2.51. The quantitative estimate of drug-likeness (QED) is 0.379. The first-order valence-corrected chi connectivity index (χ1v) is 13.6. The Kier molecular flexibility index (Phi) is 9.53. The van der Waals surface area contributed by atoms with Crippen LogP contribution in [0.25, 0.3) is 0 Å². The van der Waals surface area contributed by atoms with Crippen LogP contribution in [0, 0.1) is 5.82 Å². The van der Waals surface area contributed by atoms with E-state index >= 15 is 0 Å². The molecule has 0 heterocycles. The number of halogens is 3. The maximum absolute atomic E-state index is 13.8. The summed E-state index contributed by atoms with van der Waals surface area (Å²) in [5.74, 6) is -1.67. The van der Waals surface area contributed by atoms with Gasteiger partial charge in [-0.15, -0.1) is 0 Å². The Bertz CT molecular complexity index is 1340. The molecule has 196 valence electrons. The molecule has 0 aliphatic heterocycles. The van der Waals surface area contributed by atoms with Crippen molar-refractivity contribution in [2.24, 2.45) is 0 Å². The minimum absolute atomic E-state index is 0.0498. The molecule has 0 aliphatic rings. The van der Waals surface area contributed by atoms with Crippen molar-refractivity contribution in [2.75, 3.05) is 17.9 Å². The first kappa shape index (κ1) is 28.4. The molecule has 7 nitrogen and oxygen atoms in total. The van der Waals surface area contributed by atoms with E-state index < -0.39 is 40.2 Å². The average Bonchev–Trinajstić information content (AvgIpc) is 2.89. The van der Waals surface area contributed by atoms with Crippen LogP contribution in [0.3, 0.4) is 0 Å². The molecule has 1 atom stereocenters. The first-order valence-electron chi connectivity index (χ1n) is 11.4. The first-order chi connectivity index (χ1) is 17.6. The predicted octanol–water partition coefficient (Wildman–Crippen LogP) is 4.88. The van der Waals surface area contributed by atoms with Crippen molar-refractivity contribution in [1.82, 2.24) is 10.2 Å². The summed E-state index contributed by atoms with van der Waals surface area (Å²) in [6.07, 6.45) is 0.246. The monoisotopic (exact) mass is 565 g/mol. The van der Waals surface area contributed by atoms with Crippen molar-refractivity contribution >= 4 is 50.7 Å². The Labute approximate surface area is 225 Å². The largest absolute Gasteiger partial charge is 0.357 e. The van der Waals surface area contributed by atoms with Gasteiger partial charge in [0.2, 0.25) is 11.8 Å². The van der Waals surface area contributed by atoms with Crippen LogP contribution in [0.5, 0.6) is 0 Å². The van der Waals surface area contributed by atoms with E-state index in [0.29, 0.717) is 15.6 Å². The van der Waals surface area contributed by atoms with Crippen LogP contribution in [0.4, 0.5) is 10.1 Å². The summed E-state index contributed by atoms with van der Waals surface area (Å²) >= 11 is 12.7. The van der Waals surface area contributed by atoms with Gasteiger partial charge in [0.25, 0.3) is 10.0 Å². The van der Waals surface area contributed by atoms with Crippen molar-refractivity contribution in [2.45, 2.75) is 30.8 Å². The van der Waals surface area contributed by atoms with Crippen LogP contribution < -0.4 is 9.62 Å². The van der Waals surface area contributed by atoms with E-state index in [0.717, 1.165) is 16.4 Å². The van der Waals surface area contributed by atoms with Crippen molar-refractivity contribution in [3.63, 3.8) is 0 Å². The summed E-state index contributed by atoms with van der Waals surface area (Å²) in [7, 11) is -2.79. The lowest BCUT2D eigenvalue weighted by atomic mass is 10.1. The topological polar surface area (TPSA) is 86.8 Å². The molecule has 0 saturated heterocycles. The second-order valence-corrected chi connectivity index (χ2v) is 10.7. The zero-order valence-electron chi connectivity index (χ0n) is 20.2. The fourth-order valence-electron chi connectivity index (χ4n) is 3.80. The molecule has 1 unspecified atom stereocenters. The number of carbonyl (C=O) groups is 2. The molecule has 1 N–H and O–H groups in total. The molecule has 37 heavy (non-hydrogen) atoms. The normalized spacial score (nSPS) is 12.0. The summed E-state index contributed by atoms with van der Waals surface area (Å²) in [6, 6.07) is 16.3. The summed E-state index contributed by atoms with van der Waals surface area (Å²) < 4.78 is 41.8. The fraction of sp³-hybridized carbons (Fsp3) is 0.231. The zero-order chi connectivity index (χ0) is 27.2. The number of hydrogen-bond donors (Lipinski definition) is 1. The number of carbonyl (C=O) groups excluding carboxylic acids is 2. The van der Waals surface area contributed by atoms with Crippen molar-refractivity contribution in [3.05, 3.63) is 94.2 Å². The second-order valence-electron chi connectivity index (χ2n) is 8.06. The Morgan fingerprint density at radius 3 is 2.08 bits per heavy atom. The van der Waals surface area contributed by atoms with Gasteiger partial charge in [-0.1, -0.05) is 54.4 Å². The molecule has 0 saturated carbocycles. The van der Waals surface area contributed by atoms with Crippen molar-refractivity contribution < 1.29 is 22.4 Å². The van der Waals surface area contributed by atoms with E-state index in [9.17, 15) is 22.4 Å². The maximum atomic E-state index is 13.8. The predicted molar refractivity (Wildman–Crippen MR) is 143 cm³/mol. The van der Waals surface area contributed by atoms with Crippen molar-refractivity contribution in [1.29, 1.82) is 0 Å². The molecule has 0 aromatic heterocycles. The number of nitrogens with one attached hydrogen (secondary N) is 1. The highest BCUT2D eigenvalue weighted by molar-refractivity contribution is 7.92. The number of nitrogens with zero attached hydrogens (tertiary/aromatic N) is 2. The van der Waals surface area contributed by atoms with Gasteiger partial charge in [-0.25, -0.2) is 12.8 Å². The molecular formula is C26H26Cl2FN3O4S. The Hall–Kier alpha value is -3.14. The third kappa shape index (κ3) is 6.60. The van der Waals surface area contributed by atoms with Crippen LogP contribution in [0.15, 0.2) is 77.7 Å². The molecule has 3 rings (SSSR count). The van der Waals surface area contributed by atoms with Crippen LogP contribution in [0.1, 0.15) is 18.9 Å². The average molecular weight is 566 g/mol. The molecule has 0 aliphatic carbocycles. The highest BCUT2D eigenvalue weighted by Gasteiger charge is 2.34. The smallest absolute Gasteiger partial charge is 0.264 e. The summed E-state index contributed by atoms with van der Waals surface area (Å²) in [4.78, 5) is 27.7. The summed E-state index contributed by atoms with van der Waals surface area (Å²) in [6.45, 7) is 0.942. The van der Waals surface area contributed by atoms with E-state index in [1.165, 1.54) is 36.2 Å². The Morgan fingerprint density at radius 1 is 0.946 bits per heavy atom. The van der Waals surface area contributed by atoms with Gasteiger partial charge >= 0.3 is 0 Å². The molecular weight excluding hydrogens is 540 g/mol. The van der Waals surface area contributed by atoms with Crippen LogP contribution in [0.2, 0.25) is 10.0 Å². The van der Waals surface area contributed by atoms with Gasteiger partial charge in [0.15, 0.2) is 0 Å². The minimum atomic E-state index is -4.23. The number of likely N-dealkylation sites (N-methyl/N-ethyl adjacent to an activating group) is 1. The minimum Gasteiger partial charge on any atom is -0.357 e. The van der Waals surface area contributed by atoms with Crippen LogP contribution >= 0.6 is 23.2 Å². The third-order valence-corrected chi connectivity index (χ3v) is 8.24. The molecule has 0 fully saturated rings. The van der Waals surface area contributed by atoms with Gasteiger partial charge in [-0.3, -0.25) is 13.9 Å². The highest BCUT2D eigenvalue weighted by atomic mass is 35.5. The van der Waals surface area contributed by atoms with E-state index in [-0.39, 0.29) is 23.5 Å². The fourth-order valence-corrected chi connectivity index (χ4v) is 5.75. The molecule has 0 spiro atoms. The molecule has 3 aromatic carbocycles. The summed E-state index contributed by atoms with van der Waals surface area (Å²) in [5.41, 5.74) is 0.503. The maximum Gasteiger partial charge on any atom is 0.264 e. The van der Waals surface area contributed by atoms with Gasteiger partial charge < -0.3 is 10.2 Å². The van der Waals surface area contributed by atoms with E-state index in [2.05, 4.69) is 5.32 Å². The number of rotatable bonds is 10. The lowest BCUT2D eigenvalue weighted by Gasteiger charge is -2.33. The van der Waals surface area contributed by atoms with Gasteiger partial charge in [0.05, 0.1) is 10.6 Å². The van der Waals surface area contributed by atoms with Crippen molar-refractivity contribution in [3.8, 4) is 0 Å². The number of anilines is 1. The number of amides is 2. The third-order valence-electron chi connectivity index (χ3n) is 5.75.